The molecule has 2 amide bonds. The maximum Gasteiger partial charge on any atom is 0.267 e. The molecular weight excluding hydrogens is 559 g/mol. The normalized spacial score (nSPS) is 17.2. The van der Waals surface area contributed by atoms with E-state index in [0.29, 0.717) is 35.8 Å². The zero-order chi connectivity index (χ0) is 29.6. The molecule has 220 valence electrons. The second-order valence-corrected chi connectivity index (χ2v) is 11.1. The number of hydrogen-bond acceptors (Lipinski definition) is 8. The lowest BCUT2D eigenvalue weighted by atomic mass is 10.0. The molecule has 1 atom stereocenters. The zero-order valence-corrected chi connectivity index (χ0v) is 24.1. The van der Waals surface area contributed by atoms with Crippen LogP contribution in [0.4, 0.5) is 15.9 Å². The molecule has 1 aliphatic heterocycles. The van der Waals surface area contributed by atoms with Gasteiger partial charge in [-0.25, -0.2) is 9.38 Å². The number of rotatable bonds is 10. The fourth-order valence-electron chi connectivity index (χ4n) is 4.79. The Kier molecular flexibility index (Phi) is 9.25. The van der Waals surface area contributed by atoms with Crippen molar-refractivity contribution in [1.82, 2.24) is 9.78 Å². The third-order valence-electron chi connectivity index (χ3n) is 7.01. The smallest absolute Gasteiger partial charge is 0.267 e. The highest BCUT2D eigenvalue weighted by atomic mass is 32.1. The second-order valence-electron chi connectivity index (χ2n) is 10.0. The number of hydrogen-bond donors (Lipinski definition) is 3. The van der Waals surface area contributed by atoms with Gasteiger partial charge in [-0.1, -0.05) is 12.2 Å². The van der Waals surface area contributed by atoms with Crippen molar-refractivity contribution in [2.75, 3.05) is 18.5 Å². The Labute approximate surface area is 246 Å². The average molecular weight is 593 g/mol. The van der Waals surface area contributed by atoms with Gasteiger partial charge < -0.3 is 26.3 Å². The van der Waals surface area contributed by atoms with E-state index in [1.54, 1.807) is 23.9 Å². The van der Waals surface area contributed by atoms with Crippen LogP contribution < -0.4 is 26.5 Å². The van der Waals surface area contributed by atoms with Gasteiger partial charge in [0, 0.05) is 34.7 Å². The molecule has 0 bridgehead atoms. The van der Waals surface area contributed by atoms with Gasteiger partial charge in [-0.3, -0.25) is 14.3 Å². The molecule has 1 fully saturated rings. The summed E-state index contributed by atoms with van der Waals surface area (Å²) in [6.45, 7) is 3.24. The summed E-state index contributed by atoms with van der Waals surface area (Å²) in [5.74, 6) is -1.57. The predicted octanol–water partition coefficient (Wildman–Crippen LogP) is 3.10. The van der Waals surface area contributed by atoms with Crippen LogP contribution in [0.15, 0.2) is 41.5 Å². The van der Waals surface area contributed by atoms with E-state index in [-0.39, 0.29) is 29.2 Å². The SMILES string of the molecule is Cc1c(C(N)=CC(=Nc2ccn(CCOC3CCCCO3)n2)C(N)=O)ccc(F)c1NC(=O)c1cc2c(s1)=CCCC=2. The zero-order valence-electron chi connectivity index (χ0n) is 23.3. The molecule has 12 heteroatoms. The molecule has 1 unspecified atom stereocenters. The summed E-state index contributed by atoms with van der Waals surface area (Å²) in [4.78, 5) is 30.0. The summed E-state index contributed by atoms with van der Waals surface area (Å²) in [5, 5.41) is 8.06. The molecule has 0 spiro atoms. The molecule has 5 N–H and O–H groups in total. The Bertz CT molecular complexity index is 1640. The molecule has 1 aliphatic carbocycles. The molecule has 1 saturated heterocycles. The first-order valence-corrected chi connectivity index (χ1v) is 14.6. The number of fused-ring (bicyclic) bond motifs is 1. The monoisotopic (exact) mass is 592 g/mol. The number of thiophene rings is 1. The van der Waals surface area contributed by atoms with Crippen LogP contribution in [0.1, 0.15) is 52.9 Å². The highest BCUT2D eigenvalue weighted by Crippen LogP contribution is 2.27. The van der Waals surface area contributed by atoms with Gasteiger partial charge in [-0.05, 0) is 74.1 Å². The summed E-state index contributed by atoms with van der Waals surface area (Å²) in [6.07, 6.45) is 11.9. The van der Waals surface area contributed by atoms with Crippen LogP contribution in [-0.2, 0) is 20.8 Å². The summed E-state index contributed by atoms with van der Waals surface area (Å²) < 4.78 is 28.8. The van der Waals surface area contributed by atoms with Crippen LogP contribution in [0.25, 0.3) is 17.8 Å². The minimum atomic E-state index is -0.811. The number of aliphatic imine (C=N–C) groups is 1. The quantitative estimate of drug-likeness (QED) is 0.308. The van der Waals surface area contributed by atoms with Crippen LogP contribution in [0.2, 0.25) is 0 Å². The van der Waals surface area contributed by atoms with Gasteiger partial charge in [0.1, 0.15) is 11.5 Å². The Hall–Kier alpha value is -4.13. The van der Waals surface area contributed by atoms with Crippen molar-refractivity contribution in [3.8, 4) is 0 Å². The van der Waals surface area contributed by atoms with Gasteiger partial charge in [-0.15, -0.1) is 11.3 Å². The molecule has 3 aromatic rings. The summed E-state index contributed by atoms with van der Waals surface area (Å²) in [7, 11) is 0. The number of carbonyl (C=O) groups is 2. The van der Waals surface area contributed by atoms with Gasteiger partial charge in [0.2, 0.25) is 0 Å². The third-order valence-corrected chi connectivity index (χ3v) is 8.15. The van der Waals surface area contributed by atoms with Gasteiger partial charge in [0.15, 0.2) is 12.1 Å². The first-order valence-electron chi connectivity index (χ1n) is 13.8. The number of benzene rings is 1. The topological polar surface area (TPSA) is 147 Å². The van der Waals surface area contributed by atoms with E-state index in [1.807, 2.05) is 6.07 Å². The number of anilines is 1. The van der Waals surface area contributed by atoms with Crippen LogP contribution >= 0.6 is 11.3 Å². The largest absolute Gasteiger partial charge is 0.398 e. The van der Waals surface area contributed by atoms with E-state index in [2.05, 4.69) is 27.6 Å². The Morgan fingerprint density at radius 1 is 1.26 bits per heavy atom. The lowest BCUT2D eigenvalue weighted by Crippen LogP contribution is -2.24. The number of primary amides is 1. The van der Waals surface area contributed by atoms with E-state index >= 15 is 0 Å². The van der Waals surface area contributed by atoms with Crippen molar-refractivity contribution in [2.45, 2.75) is 51.9 Å². The standard InChI is InChI=1S/C30H33FN6O4S/c1-18-20(9-10-21(31)28(18)35-30(39)25-16-19-6-2-3-7-24(19)42-25)22(32)17-23(29(33)38)34-26-11-12-37(36-26)13-15-41-27-8-4-5-14-40-27/h6-7,9-12,16-17,27H,2-5,8,13-15,32H2,1H3,(H2,33,38)(H,35,39). The Morgan fingerprint density at radius 3 is 2.86 bits per heavy atom. The van der Waals surface area contributed by atoms with E-state index < -0.39 is 17.6 Å². The van der Waals surface area contributed by atoms with Gasteiger partial charge >= 0.3 is 0 Å². The van der Waals surface area contributed by atoms with Crippen molar-refractivity contribution in [1.29, 1.82) is 0 Å². The average Bonchev–Trinajstić information content (AvgIpc) is 3.62. The number of carbonyl (C=O) groups excluding carboxylic acids is 2. The first kappa shape index (κ1) is 29.4. The number of ether oxygens (including phenoxy) is 2. The molecule has 2 aromatic heterocycles. The molecular formula is C30H33FN6O4S. The second kappa shape index (κ2) is 13.2. The van der Waals surface area contributed by atoms with Gasteiger partial charge in [-0.2, -0.15) is 5.10 Å². The molecule has 42 heavy (non-hydrogen) atoms. The number of aromatic nitrogens is 2. The lowest BCUT2D eigenvalue weighted by molar-refractivity contribution is -0.163. The lowest BCUT2D eigenvalue weighted by Gasteiger charge is -2.22. The third kappa shape index (κ3) is 7.01. The summed E-state index contributed by atoms with van der Waals surface area (Å²) in [5.41, 5.74) is 12.7. The first-order chi connectivity index (χ1) is 20.3. The van der Waals surface area contributed by atoms with Crippen molar-refractivity contribution in [3.63, 3.8) is 0 Å². The minimum Gasteiger partial charge on any atom is -0.398 e. The van der Waals surface area contributed by atoms with Crippen LogP contribution in [0.5, 0.6) is 0 Å². The molecule has 2 aliphatic rings. The number of nitrogens with one attached hydrogen (secondary N) is 1. The number of nitrogens with zero attached hydrogens (tertiary/aromatic N) is 3. The van der Waals surface area contributed by atoms with Crippen LogP contribution in [0, 0.1) is 12.7 Å². The molecule has 0 radical (unpaired) electrons. The molecule has 10 nitrogen and oxygen atoms in total. The van der Waals surface area contributed by atoms with Crippen molar-refractivity contribution in [3.05, 3.63) is 68.1 Å². The molecule has 1 aromatic carbocycles. The van der Waals surface area contributed by atoms with Crippen molar-refractivity contribution in [2.24, 2.45) is 16.5 Å². The predicted molar refractivity (Wildman–Crippen MR) is 161 cm³/mol. The maximum absolute atomic E-state index is 14.9. The van der Waals surface area contributed by atoms with Crippen LogP contribution in [-0.4, -0.2) is 46.8 Å². The van der Waals surface area contributed by atoms with E-state index in [0.717, 1.165) is 41.9 Å². The highest BCUT2D eigenvalue weighted by molar-refractivity contribution is 7.12. The summed E-state index contributed by atoms with van der Waals surface area (Å²) >= 11 is 1.37. The Morgan fingerprint density at radius 2 is 2.10 bits per heavy atom. The van der Waals surface area contributed by atoms with Crippen molar-refractivity contribution < 1.29 is 23.5 Å². The fourth-order valence-corrected chi connectivity index (χ4v) is 5.81. The molecule has 3 heterocycles. The molecule has 5 rings (SSSR count). The van der Waals surface area contributed by atoms with Crippen LogP contribution in [0.3, 0.4) is 0 Å². The van der Waals surface area contributed by atoms with E-state index in [9.17, 15) is 14.0 Å². The number of halogens is 1. The summed E-state index contributed by atoms with van der Waals surface area (Å²) in [6, 6.07) is 6.14. The van der Waals surface area contributed by atoms with E-state index in [4.69, 9.17) is 20.9 Å². The number of amides is 2. The van der Waals surface area contributed by atoms with Gasteiger partial charge in [0.05, 0.1) is 23.7 Å². The van der Waals surface area contributed by atoms with E-state index in [1.165, 1.54) is 29.5 Å². The highest BCUT2D eigenvalue weighted by Gasteiger charge is 2.18. The Balaban J connectivity index is 1.31. The molecule has 0 saturated carbocycles. The minimum absolute atomic E-state index is 0.00494. The fraction of sp³-hybridized carbons (Fsp3) is 0.333. The van der Waals surface area contributed by atoms with Gasteiger partial charge in [0.25, 0.3) is 11.8 Å². The number of nitrogens with two attached hydrogens (primary N) is 2. The maximum atomic E-state index is 14.9. The van der Waals surface area contributed by atoms with Crippen molar-refractivity contribution >= 4 is 58.2 Å².